The zero-order valence-corrected chi connectivity index (χ0v) is 43.4. The summed E-state index contributed by atoms with van der Waals surface area (Å²) < 4.78 is 34.5. The van der Waals surface area contributed by atoms with E-state index in [0.717, 1.165) is 51.4 Å². The molecule has 0 aromatic heterocycles. The molecule has 9 nitrogen and oxygen atoms in total. The number of rotatable bonds is 49. The van der Waals surface area contributed by atoms with Gasteiger partial charge in [0.2, 0.25) is 0 Å². The SMILES string of the molecule is CCCCCCC/C=C\C/C=C\C/C=C\CCCCCCCCCCCCCCC(=O)OC(COC(=O)CCCCCCCCCCCCCCC)COP(=O)(O)OCC[N+](C)(C)C. The Morgan fingerprint density at radius 2 is 0.844 bits per heavy atom. The van der Waals surface area contributed by atoms with E-state index in [1.807, 2.05) is 21.1 Å². The molecule has 2 unspecified atom stereocenters. The number of likely N-dealkylation sites (N-methyl/N-ethyl adjacent to an activating group) is 1. The lowest BCUT2D eigenvalue weighted by Gasteiger charge is -2.24. The molecule has 0 fully saturated rings. The molecule has 10 heteroatoms. The molecule has 0 heterocycles. The predicted octanol–water partition coefficient (Wildman–Crippen LogP) is 16.0. The van der Waals surface area contributed by atoms with Crippen LogP contribution in [0.15, 0.2) is 36.5 Å². The van der Waals surface area contributed by atoms with E-state index in [0.29, 0.717) is 23.9 Å². The number of phosphoric ester groups is 1. The van der Waals surface area contributed by atoms with Crippen LogP contribution in [0.3, 0.4) is 0 Å². The minimum Gasteiger partial charge on any atom is -0.462 e. The van der Waals surface area contributed by atoms with E-state index in [-0.39, 0.29) is 25.6 Å². The summed E-state index contributed by atoms with van der Waals surface area (Å²) in [4.78, 5) is 35.5. The summed E-state index contributed by atoms with van der Waals surface area (Å²) in [6.07, 6.45) is 54.9. The number of unbranched alkanes of at least 4 members (excludes halogenated alkanes) is 29. The first-order valence-electron chi connectivity index (χ1n) is 26.7. The third-order valence-corrected chi connectivity index (χ3v) is 12.7. The fraction of sp³-hybridized carbons (Fsp3) is 0.852. The first-order chi connectivity index (χ1) is 31.0. The smallest absolute Gasteiger partial charge is 0.462 e. The van der Waals surface area contributed by atoms with Crippen molar-refractivity contribution in [1.29, 1.82) is 0 Å². The maximum absolute atomic E-state index is 12.8. The quantitative estimate of drug-likeness (QED) is 0.0211. The van der Waals surface area contributed by atoms with Gasteiger partial charge in [-0.25, -0.2) is 4.57 Å². The number of ether oxygens (including phenoxy) is 2. The summed E-state index contributed by atoms with van der Waals surface area (Å²) in [6.45, 7) is 4.44. The van der Waals surface area contributed by atoms with Crippen LogP contribution >= 0.6 is 7.82 Å². The number of nitrogens with zero attached hydrogens (tertiary/aromatic N) is 1. The van der Waals surface area contributed by atoms with Crippen LogP contribution < -0.4 is 0 Å². The molecule has 0 saturated heterocycles. The van der Waals surface area contributed by atoms with Crippen molar-refractivity contribution in [2.45, 2.75) is 251 Å². The van der Waals surface area contributed by atoms with Crippen LogP contribution in [-0.2, 0) is 32.7 Å². The normalized spacial score (nSPS) is 13.7. The predicted molar refractivity (Wildman–Crippen MR) is 270 cm³/mol. The van der Waals surface area contributed by atoms with Gasteiger partial charge in [-0.05, 0) is 51.4 Å². The van der Waals surface area contributed by atoms with Gasteiger partial charge in [0.1, 0.15) is 19.8 Å². The highest BCUT2D eigenvalue weighted by Crippen LogP contribution is 2.43. The molecule has 0 aliphatic carbocycles. The van der Waals surface area contributed by atoms with Crippen LogP contribution in [0.25, 0.3) is 0 Å². The first kappa shape index (κ1) is 62.2. The third-order valence-electron chi connectivity index (χ3n) is 11.7. The Morgan fingerprint density at radius 3 is 1.25 bits per heavy atom. The molecule has 0 saturated carbocycles. The van der Waals surface area contributed by atoms with Gasteiger partial charge in [0.05, 0.1) is 27.7 Å². The second kappa shape index (κ2) is 46.3. The van der Waals surface area contributed by atoms with Crippen molar-refractivity contribution in [3.05, 3.63) is 36.5 Å². The van der Waals surface area contributed by atoms with Gasteiger partial charge >= 0.3 is 19.8 Å². The van der Waals surface area contributed by atoms with Crippen molar-refractivity contribution in [2.24, 2.45) is 0 Å². The fourth-order valence-corrected chi connectivity index (χ4v) is 8.24. The molecular formula is C54H103NO8P+. The number of allylic oxidation sites excluding steroid dienone is 6. The van der Waals surface area contributed by atoms with E-state index >= 15 is 0 Å². The molecule has 0 radical (unpaired) electrons. The number of carbonyl (C=O) groups excluding carboxylic acids is 2. The Kier molecular flexibility index (Phi) is 45.1. The number of carbonyl (C=O) groups is 2. The Hall–Kier alpha value is -1.77. The van der Waals surface area contributed by atoms with Crippen molar-refractivity contribution in [3.63, 3.8) is 0 Å². The van der Waals surface area contributed by atoms with Gasteiger partial charge < -0.3 is 18.9 Å². The molecule has 0 aromatic rings. The Balaban J connectivity index is 4.14. The summed E-state index contributed by atoms with van der Waals surface area (Å²) in [5.41, 5.74) is 0. The molecular weight excluding hydrogens is 822 g/mol. The second-order valence-electron chi connectivity index (χ2n) is 19.3. The molecule has 0 bridgehead atoms. The third kappa shape index (κ3) is 49.7. The molecule has 0 amide bonds. The lowest BCUT2D eigenvalue weighted by molar-refractivity contribution is -0.870. The topological polar surface area (TPSA) is 108 Å². The summed E-state index contributed by atoms with van der Waals surface area (Å²) in [5.74, 6) is -0.791. The highest BCUT2D eigenvalue weighted by Gasteiger charge is 2.27. The van der Waals surface area contributed by atoms with E-state index in [9.17, 15) is 19.0 Å². The maximum atomic E-state index is 12.8. The number of phosphoric acid groups is 1. The number of hydrogen-bond acceptors (Lipinski definition) is 7. The largest absolute Gasteiger partial charge is 0.472 e. The number of esters is 2. The van der Waals surface area contributed by atoms with Gasteiger partial charge in [0.25, 0.3) is 0 Å². The van der Waals surface area contributed by atoms with Gasteiger partial charge in [-0.15, -0.1) is 0 Å². The highest BCUT2D eigenvalue weighted by molar-refractivity contribution is 7.47. The standard InChI is InChI=1S/C54H102NO8P/c1-6-8-10-12-14-16-18-20-21-22-23-24-25-26-27-28-29-30-31-32-33-35-37-39-41-43-45-47-54(57)63-52(51-62-64(58,59)61-49-48-55(3,4)5)50-60-53(56)46-44-42-40-38-36-34-19-17-15-13-11-9-7-2/h18,20,22-23,25-26,52H,6-17,19,21,24,27-51H2,1-5H3/p+1/b20-18-,23-22-,26-25-. The van der Waals surface area contributed by atoms with Crippen molar-refractivity contribution in [3.8, 4) is 0 Å². The molecule has 0 aliphatic rings. The monoisotopic (exact) mass is 925 g/mol. The van der Waals surface area contributed by atoms with Crippen LogP contribution in [0.2, 0.25) is 0 Å². The molecule has 2 atom stereocenters. The minimum absolute atomic E-state index is 0.0328. The molecule has 0 spiro atoms. The molecule has 0 aliphatic heterocycles. The minimum atomic E-state index is -4.38. The summed E-state index contributed by atoms with van der Waals surface area (Å²) in [5, 5.41) is 0. The zero-order valence-electron chi connectivity index (χ0n) is 42.5. The Bertz CT molecular complexity index is 1180. The van der Waals surface area contributed by atoms with Crippen molar-refractivity contribution in [1.82, 2.24) is 0 Å². The zero-order chi connectivity index (χ0) is 47.1. The fourth-order valence-electron chi connectivity index (χ4n) is 7.49. The van der Waals surface area contributed by atoms with E-state index < -0.39 is 26.5 Å². The van der Waals surface area contributed by atoms with Crippen molar-refractivity contribution >= 4 is 19.8 Å². The second-order valence-corrected chi connectivity index (χ2v) is 20.7. The van der Waals surface area contributed by atoms with Crippen molar-refractivity contribution < 1.29 is 42.1 Å². The van der Waals surface area contributed by atoms with Crippen LogP contribution in [0.5, 0.6) is 0 Å². The van der Waals surface area contributed by atoms with Gasteiger partial charge in [-0.1, -0.05) is 217 Å². The molecule has 0 rings (SSSR count). The maximum Gasteiger partial charge on any atom is 0.472 e. The average Bonchev–Trinajstić information content (AvgIpc) is 3.25. The Labute approximate surface area is 395 Å². The summed E-state index contributed by atoms with van der Waals surface area (Å²) in [7, 11) is 1.48. The van der Waals surface area contributed by atoms with Crippen LogP contribution in [-0.4, -0.2) is 74.9 Å². The van der Waals surface area contributed by atoms with Crippen LogP contribution in [0.1, 0.15) is 245 Å². The molecule has 64 heavy (non-hydrogen) atoms. The molecule has 0 aromatic carbocycles. The van der Waals surface area contributed by atoms with Gasteiger partial charge in [0.15, 0.2) is 6.10 Å². The van der Waals surface area contributed by atoms with Crippen LogP contribution in [0.4, 0.5) is 0 Å². The summed E-state index contributed by atoms with van der Waals surface area (Å²) in [6, 6.07) is 0. The summed E-state index contributed by atoms with van der Waals surface area (Å²) >= 11 is 0. The van der Waals surface area contributed by atoms with E-state index in [4.69, 9.17) is 18.5 Å². The van der Waals surface area contributed by atoms with E-state index in [1.54, 1.807) is 0 Å². The molecule has 376 valence electrons. The number of hydrogen-bond donors (Lipinski definition) is 1. The van der Waals surface area contributed by atoms with E-state index in [1.165, 1.54) is 161 Å². The highest BCUT2D eigenvalue weighted by atomic mass is 31.2. The average molecular weight is 925 g/mol. The number of quaternary nitrogens is 1. The van der Waals surface area contributed by atoms with Gasteiger partial charge in [-0.2, -0.15) is 0 Å². The lowest BCUT2D eigenvalue weighted by Crippen LogP contribution is -2.37. The molecule has 1 N–H and O–H groups in total. The Morgan fingerprint density at radius 1 is 0.484 bits per heavy atom. The first-order valence-corrected chi connectivity index (χ1v) is 28.2. The van der Waals surface area contributed by atoms with Gasteiger partial charge in [-0.3, -0.25) is 18.6 Å². The van der Waals surface area contributed by atoms with Gasteiger partial charge in [0, 0.05) is 12.8 Å². The van der Waals surface area contributed by atoms with Crippen molar-refractivity contribution in [2.75, 3.05) is 47.5 Å². The van der Waals surface area contributed by atoms with Crippen LogP contribution in [0, 0.1) is 0 Å². The van der Waals surface area contributed by atoms with E-state index in [2.05, 4.69) is 50.3 Å². The lowest BCUT2D eigenvalue weighted by atomic mass is 10.0.